The van der Waals surface area contributed by atoms with Crippen molar-refractivity contribution in [3.05, 3.63) is 53.1 Å². The third-order valence-corrected chi connectivity index (χ3v) is 3.93. The molecule has 0 saturated carbocycles. The second-order valence-electron chi connectivity index (χ2n) is 5.55. The average molecular weight is 351 g/mol. The van der Waals surface area contributed by atoms with Gasteiger partial charge in [-0.25, -0.2) is 9.37 Å². The number of aryl methyl sites for hydroxylation is 1. The standard InChI is InChI=1S/C17H19FN4O.ClH/c1-10(14-7-13(18)4-5-16(14)23-3)19-8-12-6-15-11(2)21-22-17(15)20-9-12;/h4-7,9-10,19H,8H2,1-3H3,(H,20,21,22);1H. The monoisotopic (exact) mass is 350 g/mol. The zero-order valence-corrected chi connectivity index (χ0v) is 14.6. The molecular formula is C17H20ClFN4O. The van der Waals surface area contributed by atoms with Crippen molar-refractivity contribution in [3.8, 4) is 5.75 Å². The summed E-state index contributed by atoms with van der Waals surface area (Å²) in [5.41, 5.74) is 3.55. The number of rotatable bonds is 5. The van der Waals surface area contributed by atoms with Crippen LogP contribution in [-0.2, 0) is 6.54 Å². The first-order chi connectivity index (χ1) is 11.1. The second kappa shape index (κ2) is 7.59. The van der Waals surface area contributed by atoms with Gasteiger partial charge in [0.05, 0.1) is 7.11 Å². The Labute approximate surface area is 146 Å². The Balaban J connectivity index is 0.00000208. The molecule has 5 nitrogen and oxygen atoms in total. The number of aromatic amines is 1. The fourth-order valence-electron chi connectivity index (χ4n) is 2.58. The maximum Gasteiger partial charge on any atom is 0.181 e. The summed E-state index contributed by atoms with van der Waals surface area (Å²) in [4.78, 5) is 4.33. The minimum Gasteiger partial charge on any atom is -0.496 e. The van der Waals surface area contributed by atoms with Gasteiger partial charge in [-0.2, -0.15) is 5.10 Å². The summed E-state index contributed by atoms with van der Waals surface area (Å²) in [6.07, 6.45) is 1.80. The molecule has 0 saturated heterocycles. The van der Waals surface area contributed by atoms with E-state index in [2.05, 4.69) is 26.6 Å². The highest BCUT2D eigenvalue weighted by molar-refractivity contribution is 5.85. The van der Waals surface area contributed by atoms with Crippen LogP contribution >= 0.6 is 12.4 Å². The van der Waals surface area contributed by atoms with Gasteiger partial charge >= 0.3 is 0 Å². The zero-order valence-electron chi connectivity index (χ0n) is 13.8. The van der Waals surface area contributed by atoms with Crippen molar-refractivity contribution < 1.29 is 9.13 Å². The summed E-state index contributed by atoms with van der Waals surface area (Å²) in [5, 5.41) is 11.4. The van der Waals surface area contributed by atoms with E-state index in [9.17, 15) is 4.39 Å². The molecule has 0 aliphatic carbocycles. The van der Waals surface area contributed by atoms with Gasteiger partial charge in [0, 0.05) is 35.4 Å². The summed E-state index contributed by atoms with van der Waals surface area (Å²) in [6.45, 7) is 4.56. The average Bonchev–Trinajstić information content (AvgIpc) is 2.93. The summed E-state index contributed by atoms with van der Waals surface area (Å²) < 4.78 is 18.8. The molecule has 2 N–H and O–H groups in total. The molecule has 1 atom stereocenters. The first kappa shape index (κ1) is 18.2. The lowest BCUT2D eigenvalue weighted by Gasteiger charge is -2.17. The van der Waals surface area contributed by atoms with Gasteiger partial charge in [0.1, 0.15) is 11.6 Å². The summed E-state index contributed by atoms with van der Waals surface area (Å²) in [7, 11) is 1.59. The Hall–Kier alpha value is -2.18. The van der Waals surface area contributed by atoms with E-state index in [0.29, 0.717) is 17.9 Å². The van der Waals surface area contributed by atoms with E-state index in [0.717, 1.165) is 22.2 Å². The van der Waals surface area contributed by atoms with E-state index in [-0.39, 0.29) is 24.3 Å². The van der Waals surface area contributed by atoms with Crippen LogP contribution in [-0.4, -0.2) is 22.3 Å². The number of hydrogen-bond donors (Lipinski definition) is 2. The van der Waals surface area contributed by atoms with Crippen LogP contribution in [0.25, 0.3) is 11.0 Å². The van der Waals surface area contributed by atoms with Crippen molar-refractivity contribution in [1.82, 2.24) is 20.5 Å². The SMILES string of the molecule is COc1ccc(F)cc1C(C)NCc1cnc2n[nH]c(C)c2c1.Cl. The Bertz CT molecular complexity index is 837. The first-order valence-electron chi connectivity index (χ1n) is 7.45. The van der Waals surface area contributed by atoms with Crippen LogP contribution in [0.15, 0.2) is 30.5 Å². The summed E-state index contributed by atoms with van der Waals surface area (Å²) >= 11 is 0. The predicted octanol–water partition coefficient (Wildman–Crippen LogP) is 3.69. The molecule has 0 radical (unpaired) electrons. The van der Waals surface area contributed by atoms with Crippen molar-refractivity contribution in [2.24, 2.45) is 0 Å². The van der Waals surface area contributed by atoms with Gasteiger partial charge in [-0.3, -0.25) is 5.10 Å². The molecule has 2 heterocycles. The van der Waals surface area contributed by atoms with Crippen LogP contribution < -0.4 is 10.1 Å². The van der Waals surface area contributed by atoms with Crippen molar-refractivity contribution in [3.63, 3.8) is 0 Å². The molecule has 0 aliphatic rings. The minimum absolute atomic E-state index is 0. The Morgan fingerprint density at radius 1 is 1.33 bits per heavy atom. The van der Waals surface area contributed by atoms with E-state index < -0.39 is 0 Å². The molecule has 0 bridgehead atoms. The molecule has 7 heteroatoms. The molecule has 2 aromatic heterocycles. The van der Waals surface area contributed by atoms with Crippen molar-refractivity contribution in [2.75, 3.05) is 7.11 Å². The van der Waals surface area contributed by atoms with Gasteiger partial charge in [-0.05, 0) is 43.7 Å². The van der Waals surface area contributed by atoms with Crippen molar-refractivity contribution in [1.29, 1.82) is 0 Å². The number of pyridine rings is 1. The van der Waals surface area contributed by atoms with E-state index >= 15 is 0 Å². The van der Waals surface area contributed by atoms with E-state index in [1.54, 1.807) is 19.4 Å². The van der Waals surface area contributed by atoms with Gasteiger partial charge < -0.3 is 10.1 Å². The number of halogens is 2. The topological polar surface area (TPSA) is 62.8 Å². The predicted molar refractivity (Wildman–Crippen MR) is 94.1 cm³/mol. The van der Waals surface area contributed by atoms with E-state index in [1.165, 1.54) is 12.1 Å². The van der Waals surface area contributed by atoms with Gasteiger partial charge in [0.25, 0.3) is 0 Å². The van der Waals surface area contributed by atoms with Gasteiger partial charge in [-0.15, -0.1) is 12.4 Å². The van der Waals surface area contributed by atoms with Gasteiger partial charge in [0.15, 0.2) is 5.65 Å². The molecule has 3 rings (SSSR count). The van der Waals surface area contributed by atoms with Crippen LogP contribution in [0.5, 0.6) is 5.75 Å². The molecule has 1 unspecified atom stereocenters. The number of hydrogen-bond acceptors (Lipinski definition) is 4. The molecule has 0 spiro atoms. The van der Waals surface area contributed by atoms with E-state index in [1.807, 2.05) is 13.8 Å². The third-order valence-electron chi connectivity index (χ3n) is 3.93. The summed E-state index contributed by atoms with van der Waals surface area (Å²) in [6, 6.07) is 6.55. The quantitative estimate of drug-likeness (QED) is 0.736. The maximum absolute atomic E-state index is 13.5. The number of nitrogens with one attached hydrogen (secondary N) is 2. The van der Waals surface area contributed by atoms with Crippen LogP contribution in [0, 0.1) is 12.7 Å². The summed E-state index contributed by atoms with van der Waals surface area (Å²) in [5.74, 6) is 0.400. The Kier molecular flexibility index (Phi) is 5.75. The number of benzene rings is 1. The third kappa shape index (κ3) is 3.66. The van der Waals surface area contributed by atoms with Gasteiger partial charge in [-0.1, -0.05) is 0 Å². The normalized spacial score (nSPS) is 12.0. The molecule has 3 aromatic rings. The number of methoxy groups -OCH3 is 1. The number of ether oxygens (including phenoxy) is 1. The molecule has 0 amide bonds. The van der Waals surface area contributed by atoms with Crippen molar-refractivity contribution >= 4 is 23.4 Å². The molecule has 128 valence electrons. The van der Waals surface area contributed by atoms with Crippen LogP contribution in [0.2, 0.25) is 0 Å². The number of fused-ring (bicyclic) bond motifs is 1. The number of aromatic nitrogens is 3. The highest BCUT2D eigenvalue weighted by Gasteiger charge is 2.13. The maximum atomic E-state index is 13.5. The fraction of sp³-hybridized carbons (Fsp3) is 0.294. The van der Waals surface area contributed by atoms with Crippen LogP contribution in [0.4, 0.5) is 4.39 Å². The minimum atomic E-state index is -0.272. The molecule has 0 aliphatic heterocycles. The van der Waals surface area contributed by atoms with Crippen molar-refractivity contribution in [2.45, 2.75) is 26.4 Å². The zero-order chi connectivity index (χ0) is 16.4. The molecular weight excluding hydrogens is 331 g/mol. The van der Waals surface area contributed by atoms with Gasteiger partial charge in [0.2, 0.25) is 0 Å². The number of nitrogens with zero attached hydrogens (tertiary/aromatic N) is 2. The smallest absolute Gasteiger partial charge is 0.181 e. The largest absolute Gasteiger partial charge is 0.496 e. The lowest BCUT2D eigenvalue weighted by atomic mass is 10.1. The Morgan fingerprint density at radius 3 is 2.88 bits per heavy atom. The first-order valence-corrected chi connectivity index (χ1v) is 7.45. The lowest BCUT2D eigenvalue weighted by molar-refractivity contribution is 0.399. The highest BCUT2D eigenvalue weighted by atomic mass is 35.5. The van der Waals surface area contributed by atoms with Crippen LogP contribution in [0.3, 0.4) is 0 Å². The second-order valence-corrected chi connectivity index (χ2v) is 5.55. The highest BCUT2D eigenvalue weighted by Crippen LogP contribution is 2.26. The molecule has 1 aromatic carbocycles. The van der Waals surface area contributed by atoms with E-state index in [4.69, 9.17) is 4.74 Å². The fourth-order valence-corrected chi connectivity index (χ4v) is 2.58. The van der Waals surface area contributed by atoms with Crippen LogP contribution in [0.1, 0.15) is 29.8 Å². The molecule has 24 heavy (non-hydrogen) atoms. The lowest BCUT2D eigenvalue weighted by Crippen LogP contribution is -2.19. The Morgan fingerprint density at radius 2 is 2.12 bits per heavy atom. The molecule has 0 fully saturated rings. The number of H-pyrrole nitrogens is 1.